The zero-order valence-electron chi connectivity index (χ0n) is 7.98. The van der Waals surface area contributed by atoms with Gasteiger partial charge < -0.3 is 0 Å². The van der Waals surface area contributed by atoms with Crippen LogP contribution in [-0.2, 0) is 0 Å². The molecular formula is C13H9ClS. The number of hydrogen-bond acceptors (Lipinski definition) is 1. The van der Waals surface area contributed by atoms with Crippen molar-refractivity contribution in [1.82, 2.24) is 0 Å². The molecule has 0 fully saturated rings. The minimum atomic E-state index is 0.412. The van der Waals surface area contributed by atoms with Crippen molar-refractivity contribution < 1.29 is 0 Å². The molecule has 0 atom stereocenters. The molecule has 74 valence electrons. The molecule has 0 N–H and O–H groups in total. The summed E-state index contributed by atoms with van der Waals surface area (Å²) in [6.07, 6.45) is 0. The predicted molar refractivity (Wildman–Crippen MR) is 69.4 cm³/mol. The number of halogens is 1. The zero-order chi connectivity index (χ0) is 10.7. The van der Waals surface area contributed by atoms with Crippen LogP contribution in [-0.4, -0.2) is 4.32 Å². The maximum Gasteiger partial charge on any atom is 0.111 e. The molecule has 0 aromatic heterocycles. The van der Waals surface area contributed by atoms with Crippen LogP contribution < -0.4 is 0 Å². The summed E-state index contributed by atoms with van der Waals surface area (Å²) in [4.78, 5) is 0. The van der Waals surface area contributed by atoms with E-state index >= 15 is 0 Å². The van der Waals surface area contributed by atoms with Crippen LogP contribution in [0.25, 0.3) is 11.1 Å². The minimum Gasteiger partial charge on any atom is -0.0709 e. The lowest BCUT2D eigenvalue weighted by Crippen LogP contribution is -1.86. The molecule has 0 aliphatic carbocycles. The number of thiocarbonyl (C=S) groups is 1. The Bertz CT molecular complexity index is 460. The largest absolute Gasteiger partial charge is 0.111 e. The molecule has 0 unspecified atom stereocenters. The molecular weight excluding hydrogens is 224 g/mol. The average Bonchev–Trinajstić information content (AvgIpc) is 2.30. The van der Waals surface area contributed by atoms with Crippen LogP contribution in [0, 0.1) is 0 Å². The van der Waals surface area contributed by atoms with E-state index in [1.807, 2.05) is 42.5 Å². The second-order valence-corrected chi connectivity index (χ2v) is 4.23. The first-order valence-electron chi connectivity index (χ1n) is 4.63. The highest BCUT2D eigenvalue weighted by Crippen LogP contribution is 2.19. The summed E-state index contributed by atoms with van der Waals surface area (Å²) in [7, 11) is 0. The maximum absolute atomic E-state index is 5.73. The SMILES string of the molecule is S=C(Cl)c1ccc(-c2ccccc2)cc1. The Morgan fingerprint density at radius 1 is 0.800 bits per heavy atom. The quantitative estimate of drug-likeness (QED) is 0.551. The average molecular weight is 233 g/mol. The molecule has 0 saturated heterocycles. The molecule has 0 nitrogen and oxygen atoms in total. The van der Waals surface area contributed by atoms with E-state index in [1.165, 1.54) is 11.1 Å². The third kappa shape index (κ3) is 2.44. The van der Waals surface area contributed by atoms with Crippen molar-refractivity contribution in [3.8, 4) is 11.1 Å². The highest BCUT2D eigenvalue weighted by Gasteiger charge is 1.99. The Hall–Kier alpha value is -1.18. The van der Waals surface area contributed by atoms with E-state index in [2.05, 4.69) is 12.1 Å². The first kappa shape index (κ1) is 10.3. The van der Waals surface area contributed by atoms with Gasteiger partial charge in [0, 0.05) is 5.56 Å². The topological polar surface area (TPSA) is 0 Å². The van der Waals surface area contributed by atoms with Gasteiger partial charge in [0.15, 0.2) is 0 Å². The second-order valence-electron chi connectivity index (χ2n) is 3.22. The highest BCUT2D eigenvalue weighted by atomic mass is 35.5. The molecule has 0 radical (unpaired) electrons. The first-order chi connectivity index (χ1) is 7.27. The number of benzene rings is 2. The lowest BCUT2D eigenvalue weighted by Gasteiger charge is -2.02. The minimum absolute atomic E-state index is 0.412. The summed E-state index contributed by atoms with van der Waals surface area (Å²) >= 11 is 10.6. The van der Waals surface area contributed by atoms with Crippen molar-refractivity contribution in [2.75, 3.05) is 0 Å². The Balaban J connectivity index is 2.36. The molecule has 0 aliphatic heterocycles. The van der Waals surface area contributed by atoms with E-state index in [4.69, 9.17) is 23.8 Å². The van der Waals surface area contributed by atoms with Gasteiger partial charge in [-0.05, 0) is 11.1 Å². The molecule has 2 aromatic rings. The summed E-state index contributed by atoms with van der Waals surface area (Å²) < 4.78 is 0.412. The lowest BCUT2D eigenvalue weighted by atomic mass is 10.0. The van der Waals surface area contributed by atoms with E-state index in [9.17, 15) is 0 Å². The van der Waals surface area contributed by atoms with Gasteiger partial charge in [0.2, 0.25) is 0 Å². The van der Waals surface area contributed by atoms with Crippen molar-refractivity contribution in [2.45, 2.75) is 0 Å². The van der Waals surface area contributed by atoms with Crippen LogP contribution >= 0.6 is 23.8 Å². The molecule has 0 heterocycles. The fourth-order valence-electron chi connectivity index (χ4n) is 1.42. The third-order valence-corrected chi connectivity index (χ3v) is 2.67. The van der Waals surface area contributed by atoms with Crippen LogP contribution in [0.5, 0.6) is 0 Å². The van der Waals surface area contributed by atoms with E-state index in [-0.39, 0.29) is 0 Å². The van der Waals surface area contributed by atoms with Crippen LogP contribution in [0.15, 0.2) is 54.6 Å². The molecule has 2 heteroatoms. The Morgan fingerprint density at radius 3 is 1.87 bits per heavy atom. The van der Waals surface area contributed by atoms with Gasteiger partial charge in [-0.15, -0.1) is 0 Å². The maximum atomic E-state index is 5.73. The second kappa shape index (κ2) is 4.56. The molecule has 15 heavy (non-hydrogen) atoms. The van der Waals surface area contributed by atoms with Crippen LogP contribution in [0.2, 0.25) is 0 Å². The molecule has 2 aromatic carbocycles. The van der Waals surface area contributed by atoms with Gasteiger partial charge in [-0.3, -0.25) is 0 Å². The van der Waals surface area contributed by atoms with Gasteiger partial charge in [0.05, 0.1) is 0 Å². The molecule has 0 spiro atoms. The summed E-state index contributed by atoms with van der Waals surface area (Å²) in [5.74, 6) is 0. The summed E-state index contributed by atoms with van der Waals surface area (Å²) in [6.45, 7) is 0. The van der Waals surface area contributed by atoms with E-state index < -0.39 is 0 Å². The van der Waals surface area contributed by atoms with E-state index in [0.29, 0.717) is 4.32 Å². The van der Waals surface area contributed by atoms with Crippen LogP contribution in [0.1, 0.15) is 5.56 Å². The van der Waals surface area contributed by atoms with Gasteiger partial charge in [-0.1, -0.05) is 78.4 Å². The summed E-state index contributed by atoms with van der Waals surface area (Å²) in [6, 6.07) is 18.1. The van der Waals surface area contributed by atoms with Crippen molar-refractivity contribution in [3.63, 3.8) is 0 Å². The first-order valence-corrected chi connectivity index (χ1v) is 5.41. The monoisotopic (exact) mass is 232 g/mol. The molecule has 0 aliphatic rings. The number of hydrogen-bond donors (Lipinski definition) is 0. The van der Waals surface area contributed by atoms with Crippen molar-refractivity contribution >= 4 is 28.1 Å². The molecule has 0 saturated carbocycles. The fourth-order valence-corrected chi connectivity index (χ4v) is 1.69. The highest BCUT2D eigenvalue weighted by molar-refractivity contribution is 7.83. The van der Waals surface area contributed by atoms with Crippen molar-refractivity contribution in [2.24, 2.45) is 0 Å². The summed E-state index contributed by atoms with van der Waals surface area (Å²) in [5.41, 5.74) is 3.27. The van der Waals surface area contributed by atoms with Gasteiger partial charge in [0.1, 0.15) is 4.32 Å². The van der Waals surface area contributed by atoms with Crippen molar-refractivity contribution in [3.05, 3.63) is 60.2 Å². The lowest BCUT2D eigenvalue weighted by molar-refractivity contribution is 1.61. The van der Waals surface area contributed by atoms with Crippen LogP contribution in [0.4, 0.5) is 0 Å². The zero-order valence-corrected chi connectivity index (χ0v) is 9.55. The van der Waals surface area contributed by atoms with Gasteiger partial charge in [0.25, 0.3) is 0 Å². The predicted octanol–water partition coefficient (Wildman–Crippen LogP) is 4.27. The van der Waals surface area contributed by atoms with Gasteiger partial charge >= 0.3 is 0 Å². The Kier molecular flexibility index (Phi) is 3.14. The molecule has 2 rings (SSSR count). The summed E-state index contributed by atoms with van der Waals surface area (Å²) in [5, 5.41) is 0. The standard InChI is InChI=1S/C13H9ClS/c14-13(15)12-8-6-11(7-9-12)10-4-2-1-3-5-10/h1-9H. The number of rotatable bonds is 2. The Morgan fingerprint density at radius 2 is 1.33 bits per heavy atom. The van der Waals surface area contributed by atoms with E-state index in [0.717, 1.165) is 5.56 Å². The van der Waals surface area contributed by atoms with Gasteiger partial charge in [-0.2, -0.15) is 0 Å². The Labute approximate surface area is 99.5 Å². The van der Waals surface area contributed by atoms with E-state index in [1.54, 1.807) is 0 Å². The normalized spacial score (nSPS) is 9.93. The molecule has 0 bridgehead atoms. The van der Waals surface area contributed by atoms with Crippen molar-refractivity contribution in [1.29, 1.82) is 0 Å². The third-order valence-electron chi connectivity index (χ3n) is 2.22. The van der Waals surface area contributed by atoms with Crippen LogP contribution in [0.3, 0.4) is 0 Å². The molecule has 0 amide bonds. The smallest absolute Gasteiger partial charge is 0.0709 e. The van der Waals surface area contributed by atoms with Gasteiger partial charge in [-0.25, -0.2) is 0 Å². The fraction of sp³-hybridized carbons (Fsp3) is 0.